The number of sulfonamides is 1. The van der Waals surface area contributed by atoms with Gasteiger partial charge in [-0.1, -0.05) is 6.07 Å². The SMILES string of the molecule is Cc1c(C(F)(F)F)cccc1S(=O)(=O)N(C)CC(C)N. The molecule has 0 radical (unpaired) electrons. The zero-order valence-corrected chi connectivity index (χ0v) is 12.2. The lowest BCUT2D eigenvalue weighted by Crippen LogP contribution is -2.37. The van der Waals surface area contributed by atoms with Crippen LogP contribution in [0.3, 0.4) is 0 Å². The third-order valence-corrected chi connectivity index (χ3v) is 4.79. The maximum absolute atomic E-state index is 12.8. The van der Waals surface area contributed by atoms with Crippen LogP contribution >= 0.6 is 0 Å². The predicted molar refractivity (Wildman–Crippen MR) is 69.6 cm³/mol. The summed E-state index contributed by atoms with van der Waals surface area (Å²) >= 11 is 0. The van der Waals surface area contributed by atoms with Crippen molar-refractivity contribution in [2.75, 3.05) is 13.6 Å². The average molecular weight is 310 g/mol. The average Bonchev–Trinajstić information content (AvgIpc) is 2.26. The van der Waals surface area contributed by atoms with Crippen molar-refractivity contribution >= 4 is 10.0 Å². The fraction of sp³-hybridized carbons (Fsp3) is 0.500. The van der Waals surface area contributed by atoms with Crippen LogP contribution in [-0.2, 0) is 16.2 Å². The lowest BCUT2D eigenvalue weighted by molar-refractivity contribution is -0.138. The first-order chi connectivity index (χ1) is 8.98. The number of rotatable bonds is 4. The highest BCUT2D eigenvalue weighted by atomic mass is 32.2. The molecule has 20 heavy (non-hydrogen) atoms. The summed E-state index contributed by atoms with van der Waals surface area (Å²) in [5, 5.41) is 0. The molecule has 8 heteroatoms. The number of likely N-dealkylation sites (N-methyl/N-ethyl adjacent to an activating group) is 1. The van der Waals surface area contributed by atoms with Crippen LogP contribution in [0.15, 0.2) is 23.1 Å². The van der Waals surface area contributed by atoms with Crippen LogP contribution < -0.4 is 5.73 Å². The van der Waals surface area contributed by atoms with Gasteiger partial charge in [-0.05, 0) is 31.5 Å². The molecule has 0 heterocycles. The van der Waals surface area contributed by atoms with E-state index in [0.717, 1.165) is 29.4 Å². The normalized spacial score (nSPS) is 14.6. The Morgan fingerprint density at radius 2 is 1.90 bits per heavy atom. The number of hydrogen-bond acceptors (Lipinski definition) is 3. The Labute approximate surface area is 116 Å². The van der Waals surface area contributed by atoms with Crippen LogP contribution in [0.1, 0.15) is 18.1 Å². The van der Waals surface area contributed by atoms with Gasteiger partial charge >= 0.3 is 6.18 Å². The molecular weight excluding hydrogens is 293 g/mol. The Hall–Kier alpha value is -1.12. The molecule has 0 saturated heterocycles. The van der Waals surface area contributed by atoms with Crippen LogP contribution in [0.25, 0.3) is 0 Å². The third kappa shape index (κ3) is 3.50. The van der Waals surface area contributed by atoms with E-state index in [2.05, 4.69) is 0 Å². The topological polar surface area (TPSA) is 63.4 Å². The number of halogens is 3. The zero-order valence-electron chi connectivity index (χ0n) is 11.4. The summed E-state index contributed by atoms with van der Waals surface area (Å²) in [5.41, 5.74) is 4.26. The van der Waals surface area contributed by atoms with E-state index in [1.54, 1.807) is 6.92 Å². The van der Waals surface area contributed by atoms with Crippen molar-refractivity contribution in [3.8, 4) is 0 Å². The van der Waals surface area contributed by atoms with Gasteiger partial charge in [-0.3, -0.25) is 0 Å². The molecule has 0 bridgehead atoms. The molecule has 1 atom stereocenters. The number of hydrogen-bond donors (Lipinski definition) is 1. The lowest BCUT2D eigenvalue weighted by atomic mass is 10.1. The molecule has 114 valence electrons. The quantitative estimate of drug-likeness (QED) is 0.925. The number of nitrogens with zero attached hydrogens (tertiary/aromatic N) is 1. The van der Waals surface area contributed by atoms with Crippen molar-refractivity contribution < 1.29 is 21.6 Å². The second-order valence-electron chi connectivity index (χ2n) is 4.69. The van der Waals surface area contributed by atoms with E-state index in [1.165, 1.54) is 7.05 Å². The minimum atomic E-state index is -4.59. The Bertz CT molecular complexity index is 583. The van der Waals surface area contributed by atoms with Crippen LogP contribution in [-0.4, -0.2) is 32.4 Å². The van der Waals surface area contributed by atoms with Gasteiger partial charge in [0.25, 0.3) is 0 Å². The number of nitrogens with two attached hydrogens (primary N) is 1. The van der Waals surface area contributed by atoms with Gasteiger partial charge in [0.15, 0.2) is 0 Å². The molecule has 0 spiro atoms. The second-order valence-corrected chi connectivity index (χ2v) is 6.70. The zero-order chi connectivity index (χ0) is 15.7. The largest absolute Gasteiger partial charge is 0.416 e. The first-order valence-corrected chi connectivity index (χ1v) is 7.30. The van der Waals surface area contributed by atoms with E-state index in [4.69, 9.17) is 5.73 Å². The van der Waals surface area contributed by atoms with Crippen LogP contribution in [0.2, 0.25) is 0 Å². The molecule has 0 saturated carbocycles. The van der Waals surface area contributed by atoms with E-state index in [9.17, 15) is 21.6 Å². The molecular formula is C12H17F3N2O2S. The summed E-state index contributed by atoms with van der Waals surface area (Å²) in [6, 6.07) is 2.70. The van der Waals surface area contributed by atoms with Gasteiger partial charge in [-0.2, -0.15) is 17.5 Å². The van der Waals surface area contributed by atoms with Gasteiger partial charge in [0.2, 0.25) is 10.0 Å². The van der Waals surface area contributed by atoms with Gasteiger partial charge in [0.05, 0.1) is 10.5 Å². The molecule has 0 aliphatic heterocycles. The van der Waals surface area contributed by atoms with Crippen molar-refractivity contribution in [3.05, 3.63) is 29.3 Å². The predicted octanol–water partition coefficient (Wildman–Crippen LogP) is 1.98. The van der Waals surface area contributed by atoms with Gasteiger partial charge in [-0.15, -0.1) is 0 Å². The fourth-order valence-electron chi connectivity index (χ4n) is 1.87. The molecule has 2 N–H and O–H groups in total. The van der Waals surface area contributed by atoms with E-state index in [0.29, 0.717) is 0 Å². The summed E-state index contributed by atoms with van der Waals surface area (Å²) in [7, 11) is -2.70. The molecule has 0 amide bonds. The molecule has 0 aromatic heterocycles. The Morgan fingerprint density at radius 3 is 2.35 bits per heavy atom. The minimum absolute atomic E-state index is 0.0258. The number of alkyl halides is 3. The molecule has 0 aliphatic rings. The highest BCUT2D eigenvalue weighted by molar-refractivity contribution is 7.89. The lowest BCUT2D eigenvalue weighted by Gasteiger charge is -2.21. The Morgan fingerprint density at radius 1 is 1.35 bits per heavy atom. The molecule has 1 unspecified atom stereocenters. The van der Waals surface area contributed by atoms with Crippen LogP contribution in [0.5, 0.6) is 0 Å². The summed E-state index contributed by atoms with van der Waals surface area (Å²) in [5.74, 6) is 0. The highest BCUT2D eigenvalue weighted by Gasteiger charge is 2.35. The van der Waals surface area contributed by atoms with Gasteiger partial charge in [0, 0.05) is 19.6 Å². The van der Waals surface area contributed by atoms with Crippen molar-refractivity contribution in [3.63, 3.8) is 0 Å². The van der Waals surface area contributed by atoms with E-state index < -0.39 is 27.8 Å². The van der Waals surface area contributed by atoms with Crippen molar-refractivity contribution in [2.24, 2.45) is 5.73 Å². The highest BCUT2D eigenvalue weighted by Crippen LogP contribution is 2.34. The molecule has 4 nitrogen and oxygen atoms in total. The van der Waals surface area contributed by atoms with Gasteiger partial charge in [0.1, 0.15) is 0 Å². The number of benzene rings is 1. The minimum Gasteiger partial charge on any atom is -0.327 e. The summed E-state index contributed by atoms with van der Waals surface area (Å²) < 4.78 is 63.9. The molecule has 1 aromatic rings. The molecule has 0 fully saturated rings. The molecule has 1 aromatic carbocycles. The summed E-state index contributed by atoms with van der Waals surface area (Å²) in [6.07, 6.45) is -4.59. The van der Waals surface area contributed by atoms with E-state index >= 15 is 0 Å². The van der Waals surface area contributed by atoms with E-state index in [-0.39, 0.29) is 17.0 Å². The standard InChI is InChI=1S/C12H17F3N2O2S/c1-8(16)7-17(3)20(18,19)11-6-4-5-10(9(11)2)12(13,14)15/h4-6,8H,7,16H2,1-3H3. The van der Waals surface area contributed by atoms with Crippen LogP contribution in [0.4, 0.5) is 13.2 Å². The smallest absolute Gasteiger partial charge is 0.327 e. The van der Waals surface area contributed by atoms with Gasteiger partial charge in [-0.25, -0.2) is 8.42 Å². The monoisotopic (exact) mass is 310 g/mol. The first kappa shape index (κ1) is 16.9. The Balaban J connectivity index is 3.34. The van der Waals surface area contributed by atoms with Gasteiger partial charge < -0.3 is 5.73 Å². The molecule has 0 aliphatic carbocycles. The summed E-state index contributed by atoms with van der Waals surface area (Å²) in [6.45, 7) is 2.79. The fourth-order valence-corrected chi connectivity index (χ4v) is 3.39. The maximum atomic E-state index is 12.8. The van der Waals surface area contributed by atoms with E-state index in [1.807, 2.05) is 0 Å². The summed E-state index contributed by atoms with van der Waals surface area (Å²) in [4.78, 5) is -0.351. The molecule has 1 rings (SSSR count). The second kappa shape index (κ2) is 5.71. The van der Waals surface area contributed by atoms with Crippen LogP contribution in [0, 0.1) is 6.92 Å². The van der Waals surface area contributed by atoms with Crippen molar-refractivity contribution in [1.29, 1.82) is 0 Å². The van der Waals surface area contributed by atoms with Crippen molar-refractivity contribution in [1.82, 2.24) is 4.31 Å². The first-order valence-electron chi connectivity index (χ1n) is 5.86. The third-order valence-electron chi connectivity index (χ3n) is 2.82. The maximum Gasteiger partial charge on any atom is 0.416 e. The van der Waals surface area contributed by atoms with Crippen molar-refractivity contribution in [2.45, 2.75) is 31.0 Å². The Kier molecular flexibility index (Phi) is 4.83.